The summed E-state index contributed by atoms with van der Waals surface area (Å²) in [5.41, 5.74) is -0.329. The van der Waals surface area contributed by atoms with Crippen LogP contribution < -0.4 is 0 Å². The molecule has 0 fully saturated rings. The first-order valence-electron chi connectivity index (χ1n) is 2.77. The summed E-state index contributed by atoms with van der Waals surface area (Å²) in [6, 6.07) is 3.46. The van der Waals surface area contributed by atoms with Crippen LogP contribution in [0.15, 0.2) is 18.2 Å². The molecule has 11 heavy (non-hydrogen) atoms. The van der Waals surface area contributed by atoms with E-state index in [2.05, 4.69) is 12.2 Å². The quantitative estimate of drug-likeness (QED) is 0.487. The highest BCUT2D eigenvalue weighted by atomic mass is 35.5. The first-order valence-corrected chi connectivity index (χ1v) is 3.55. The Kier molecular flexibility index (Phi) is 2.52. The molecule has 0 spiro atoms. The van der Waals surface area contributed by atoms with E-state index < -0.39 is 11.6 Å². The molecule has 1 aromatic carbocycles. The lowest BCUT2D eigenvalue weighted by molar-refractivity contribution is 0.580. The highest BCUT2D eigenvalue weighted by molar-refractivity contribution is 7.83. The average Bonchev–Trinajstić information content (AvgIpc) is 1.85. The third-order valence-electron chi connectivity index (χ3n) is 1.16. The molecule has 0 aromatic heterocycles. The molecule has 1 rings (SSSR count). The molecule has 0 amide bonds. The van der Waals surface area contributed by atoms with Gasteiger partial charge in [-0.2, -0.15) is 0 Å². The van der Waals surface area contributed by atoms with Crippen molar-refractivity contribution in [3.8, 4) is 0 Å². The van der Waals surface area contributed by atoms with Gasteiger partial charge in [-0.3, -0.25) is 0 Å². The predicted octanol–water partition coefficient (Wildman–Crippen LogP) is 2.88. The third kappa shape index (κ3) is 1.73. The molecule has 0 radical (unpaired) electrons. The zero-order valence-corrected chi connectivity index (χ0v) is 6.85. The van der Waals surface area contributed by atoms with Crippen LogP contribution in [0.3, 0.4) is 0 Å². The largest absolute Gasteiger partial charge is 0.206 e. The van der Waals surface area contributed by atoms with Crippen LogP contribution in [0.2, 0.25) is 0 Å². The Morgan fingerprint density at radius 1 is 1.27 bits per heavy atom. The molecule has 0 aliphatic carbocycles. The standard InChI is InChI=1S/C7H3ClF2S/c8-7(11)6-4(9)2-1-3-5(6)10/h1-3H. The summed E-state index contributed by atoms with van der Waals surface area (Å²) in [6.07, 6.45) is 0. The van der Waals surface area contributed by atoms with Crippen LogP contribution in [0.4, 0.5) is 8.78 Å². The number of thiocarbonyl (C=S) groups is 1. The molecule has 0 bridgehead atoms. The lowest BCUT2D eigenvalue weighted by atomic mass is 10.2. The van der Waals surface area contributed by atoms with Gasteiger partial charge in [-0.15, -0.1) is 0 Å². The summed E-state index contributed by atoms with van der Waals surface area (Å²) in [7, 11) is 0. The fraction of sp³-hybridized carbons (Fsp3) is 0. The van der Waals surface area contributed by atoms with Gasteiger partial charge in [0.2, 0.25) is 0 Å². The molecule has 0 unspecified atom stereocenters. The van der Waals surface area contributed by atoms with Crippen LogP contribution in [-0.4, -0.2) is 4.32 Å². The molecule has 0 nitrogen and oxygen atoms in total. The van der Waals surface area contributed by atoms with Crippen LogP contribution in [0.25, 0.3) is 0 Å². The maximum Gasteiger partial charge on any atom is 0.135 e. The van der Waals surface area contributed by atoms with E-state index in [-0.39, 0.29) is 9.89 Å². The molecule has 58 valence electrons. The van der Waals surface area contributed by atoms with E-state index >= 15 is 0 Å². The van der Waals surface area contributed by atoms with Gasteiger partial charge >= 0.3 is 0 Å². The minimum atomic E-state index is -0.731. The lowest BCUT2D eigenvalue weighted by Crippen LogP contribution is -1.97. The van der Waals surface area contributed by atoms with E-state index in [0.717, 1.165) is 12.1 Å². The molecule has 0 atom stereocenters. The Balaban J connectivity index is 3.32. The minimum Gasteiger partial charge on any atom is -0.206 e. The fourth-order valence-corrected chi connectivity index (χ4v) is 1.06. The van der Waals surface area contributed by atoms with Gasteiger partial charge in [-0.1, -0.05) is 29.9 Å². The molecule has 0 N–H and O–H groups in total. The van der Waals surface area contributed by atoms with Crippen molar-refractivity contribution in [1.29, 1.82) is 0 Å². The molecular formula is C7H3ClF2S. The summed E-state index contributed by atoms with van der Waals surface area (Å²) in [6.45, 7) is 0. The van der Waals surface area contributed by atoms with Gasteiger partial charge in [0, 0.05) is 0 Å². The van der Waals surface area contributed by atoms with Crippen molar-refractivity contribution in [1.82, 2.24) is 0 Å². The summed E-state index contributed by atoms with van der Waals surface area (Å²) in [4.78, 5) is 0. The van der Waals surface area contributed by atoms with Crippen molar-refractivity contribution in [2.75, 3.05) is 0 Å². The van der Waals surface area contributed by atoms with Crippen molar-refractivity contribution < 1.29 is 8.78 Å². The van der Waals surface area contributed by atoms with E-state index in [0.29, 0.717) is 0 Å². The van der Waals surface area contributed by atoms with Gasteiger partial charge < -0.3 is 0 Å². The minimum absolute atomic E-state index is 0.291. The van der Waals surface area contributed by atoms with Crippen molar-refractivity contribution in [2.24, 2.45) is 0 Å². The number of halogens is 3. The molecular weight excluding hydrogens is 190 g/mol. The van der Waals surface area contributed by atoms with E-state index in [4.69, 9.17) is 11.6 Å². The zero-order chi connectivity index (χ0) is 8.43. The summed E-state index contributed by atoms with van der Waals surface area (Å²) in [5.74, 6) is -1.46. The van der Waals surface area contributed by atoms with Gasteiger partial charge in [0.1, 0.15) is 16.0 Å². The Morgan fingerprint density at radius 3 is 2.00 bits per heavy atom. The molecule has 0 aliphatic rings. The topological polar surface area (TPSA) is 0 Å². The number of benzene rings is 1. The van der Waals surface area contributed by atoms with Crippen LogP contribution >= 0.6 is 23.8 Å². The number of rotatable bonds is 1. The van der Waals surface area contributed by atoms with Gasteiger partial charge in [0.05, 0.1) is 5.56 Å². The maximum absolute atomic E-state index is 12.7. The normalized spacial score (nSPS) is 9.73. The highest BCUT2D eigenvalue weighted by Crippen LogP contribution is 2.14. The Bertz CT molecular complexity index is 278. The molecule has 4 heteroatoms. The van der Waals surface area contributed by atoms with Crippen molar-refractivity contribution in [2.45, 2.75) is 0 Å². The van der Waals surface area contributed by atoms with Gasteiger partial charge in [0.15, 0.2) is 0 Å². The van der Waals surface area contributed by atoms with Gasteiger partial charge in [0.25, 0.3) is 0 Å². The Hall–Kier alpha value is -0.540. The molecule has 0 aliphatic heterocycles. The first kappa shape index (κ1) is 8.56. The van der Waals surface area contributed by atoms with Crippen molar-refractivity contribution >= 4 is 28.1 Å². The molecule has 0 saturated carbocycles. The Labute approximate surface area is 72.8 Å². The number of hydrogen-bond acceptors (Lipinski definition) is 1. The van der Waals surface area contributed by atoms with Gasteiger partial charge in [-0.25, -0.2) is 8.78 Å². The van der Waals surface area contributed by atoms with Crippen molar-refractivity contribution in [3.63, 3.8) is 0 Å². The van der Waals surface area contributed by atoms with Crippen molar-refractivity contribution in [3.05, 3.63) is 35.4 Å². The van der Waals surface area contributed by atoms with E-state index in [1.54, 1.807) is 0 Å². The predicted molar refractivity (Wildman–Crippen MR) is 43.9 cm³/mol. The van der Waals surface area contributed by atoms with E-state index in [1.165, 1.54) is 6.07 Å². The monoisotopic (exact) mass is 192 g/mol. The Morgan fingerprint density at radius 2 is 1.73 bits per heavy atom. The second-order valence-electron chi connectivity index (χ2n) is 1.87. The number of hydrogen-bond donors (Lipinski definition) is 0. The summed E-state index contributed by atoms with van der Waals surface area (Å²) < 4.78 is 25.1. The van der Waals surface area contributed by atoms with Gasteiger partial charge in [-0.05, 0) is 12.1 Å². The summed E-state index contributed by atoms with van der Waals surface area (Å²) in [5, 5.41) is 0. The molecule has 1 aromatic rings. The fourth-order valence-electron chi connectivity index (χ4n) is 0.686. The second-order valence-corrected chi connectivity index (χ2v) is 2.88. The average molecular weight is 193 g/mol. The van der Waals surface area contributed by atoms with Crippen LogP contribution in [0, 0.1) is 11.6 Å². The van der Waals surface area contributed by atoms with Crippen LogP contribution in [0.1, 0.15) is 5.56 Å². The lowest BCUT2D eigenvalue weighted by Gasteiger charge is -1.98. The molecule has 0 saturated heterocycles. The SMILES string of the molecule is Fc1cccc(F)c1C(=S)Cl. The van der Waals surface area contributed by atoms with E-state index in [1.807, 2.05) is 0 Å². The molecule has 0 heterocycles. The maximum atomic E-state index is 12.7. The highest BCUT2D eigenvalue weighted by Gasteiger charge is 2.10. The first-order chi connectivity index (χ1) is 5.13. The zero-order valence-electron chi connectivity index (χ0n) is 5.27. The smallest absolute Gasteiger partial charge is 0.135 e. The van der Waals surface area contributed by atoms with E-state index in [9.17, 15) is 8.78 Å². The summed E-state index contributed by atoms with van der Waals surface area (Å²) >= 11 is 9.69. The van der Waals surface area contributed by atoms with Crippen LogP contribution in [-0.2, 0) is 0 Å². The third-order valence-corrected chi connectivity index (χ3v) is 1.55. The second kappa shape index (κ2) is 3.24. The van der Waals surface area contributed by atoms with Crippen LogP contribution in [0.5, 0.6) is 0 Å².